The fraction of sp³-hybridized carbons (Fsp3) is 0.286. The Bertz CT molecular complexity index is 868. The first-order chi connectivity index (χ1) is 13.3. The fourth-order valence-electron chi connectivity index (χ4n) is 2.61. The highest BCUT2D eigenvalue weighted by atomic mass is 19.1. The summed E-state index contributed by atoms with van der Waals surface area (Å²) in [6, 6.07) is 11.2. The summed E-state index contributed by atoms with van der Waals surface area (Å²) in [5.41, 5.74) is 1.45. The van der Waals surface area contributed by atoms with Crippen molar-refractivity contribution in [2.75, 3.05) is 5.32 Å². The van der Waals surface area contributed by atoms with E-state index in [9.17, 15) is 18.8 Å². The number of hydrogen-bond acceptors (Lipinski definition) is 4. The van der Waals surface area contributed by atoms with E-state index in [0.717, 1.165) is 11.6 Å². The van der Waals surface area contributed by atoms with Crippen LogP contribution in [-0.4, -0.2) is 23.8 Å². The van der Waals surface area contributed by atoms with Crippen LogP contribution in [0.4, 0.5) is 14.9 Å². The molecule has 148 valence electrons. The molecule has 28 heavy (non-hydrogen) atoms. The summed E-state index contributed by atoms with van der Waals surface area (Å²) in [5, 5.41) is 5.06. The van der Waals surface area contributed by atoms with Crippen LogP contribution in [0.25, 0.3) is 0 Å². The topological polar surface area (TPSA) is 84.5 Å². The molecule has 0 bridgehead atoms. The smallest absolute Gasteiger partial charge is 0.407 e. The van der Waals surface area contributed by atoms with Gasteiger partial charge in [0.2, 0.25) is 5.91 Å². The molecule has 0 aromatic heterocycles. The molecule has 0 unspecified atom stereocenters. The minimum absolute atomic E-state index is 0.0297. The number of carbonyl (C=O) groups is 3. The summed E-state index contributed by atoms with van der Waals surface area (Å²) in [5.74, 6) is -1.26. The molecule has 0 aliphatic heterocycles. The number of aryl methyl sites for hydroxylation is 1. The number of carbonyl (C=O) groups excluding carboxylic acids is 3. The highest BCUT2D eigenvalue weighted by Gasteiger charge is 2.19. The molecule has 2 aromatic carbocycles. The predicted molar refractivity (Wildman–Crippen MR) is 104 cm³/mol. The van der Waals surface area contributed by atoms with E-state index in [1.807, 2.05) is 30.3 Å². The van der Waals surface area contributed by atoms with E-state index in [4.69, 9.17) is 4.74 Å². The Labute approximate surface area is 163 Å². The van der Waals surface area contributed by atoms with E-state index >= 15 is 0 Å². The Morgan fingerprint density at radius 2 is 1.82 bits per heavy atom. The lowest BCUT2D eigenvalue weighted by atomic mass is 10.00. The Kier molecular flexibility index (Phi) is 7.26. The highest BCUT2D eigenvalue weighted by Crippen LogP contribution is 2.22. The molecule has 1 atom stereocenters. The number of hydrogen-bond donors (Lipinski definition) is 2. The largest absolute Gasteiger partial charge is 0.445 e. The molecule has 0 aliphatic rings. The van der Waals surface area contributed by atoms with Crippen LogP contribution < -0.4 is 10.6 Å². The molecule has 0 radical (unpaired) electrons. The van der Waals surface area contributed by atoms with Crippen molar-refractivity contribution in [3.05, 3.63) is 65.0 Å². The molecular formula is C21H23FN2O4. The van der Waals surface area contributed by atoms with Crippen LogP contribution in [0.2, 0.25) is 0 Å². The van der Waals surface area contributed by atoms with Gasteiger partial charge in [-0.3, -0.25) is 9.59 Å². The van der Waals surface area contributed by atoms with Gasteiger partial charge in [-0.2, -0.15) is 0 Å². The van der Waals surface area contributed by atoms with Crippen molar-refractivity contribution in [3.8, 4) is 0 Å². The van der Waals surface area contributed by atoms with E-state index in [-0.39, 0.29) is 30.1 Å². The van der Waals surface area contributed by atoms with Gasteiger partial charge in [0.15, 0.2) is 5.78 Å². The lowest BCUT2D eigenvalue weighted by molar-refractivity contribution is -0.114. The molecule has 0 saturated heterocycles. The average Bonchev–Trinajstić information content (AvgIpc) is 2.63. The highest BCUT2D eigenvalue weighted by molar-refractivity contribution is 6.05. The molecule has 7 heteroatoms. The molecule has 0 aliphatic carbocycles. The third kappa shape index (κ3) is 6.19. The third-order valence-corrected chi connectivity index (χ3v) is 3.98. The van der Waals surface area contributed by atoms with Crippen LogP contribution >= 0.6 is 0 Å². The molecule has 2 N–H and O–H groups in total. The van der Waals surface area contributed by atoms with Crippen molar-refractivity contribution in [1.29, 1.82) is 0 Å². The number of benzene rings is 2. The molecule has 0 spiro atoms. The Balaban J connectivity index is 1.97. The number of Topliss-reactive ketones (excluding diaryl/α,β-unsaturated/α-hetero) is 1. The lowest BCUT2D eigenvalue weighted by Gasteiger charge is -2.15. The van der Waals surface area contributed by atoms with Gasteiger partial charge in [0.25, 0.3) is 0 Å². The second kappa shape index (κ2) is 9.64. The summed E-state index contributed by atoms with van der Waals surface area (Å²) in [6.07, 6.45) is -0.667. The first-order valence-electron chi connectivity index (χ1n) is 8.84. The van der Waals surface area contributed by atoms with Crippen molar-refractivity contribution in [2.45, 2.75) is 39.8 Å². The Hall–Kier alpha value is -3.22. The van der Waals surface area contributed by atoms with Gasteiger partial charge < -0.3 is 15.4 Å². The zero-order valence-corrected chi connectivity index (χ0v) is 16.0. The zero-order valence-electron chi connectivity index (χ0n) is 16.0. The van der Waals surface area contributed by atoms with Crippen LogP contribution in [0.1, 0.15) is 41.8 Å². The molecule has 0 fully saturated rings. The number of halogens is 1. The standard InChI is InChI=1S/C21H23FN2O4/c1-13-9-17(19(11-18(13)22)24-15(3)25)20(26)10-14(2)23-21(27)28-12-16-7-5-4-6-8-16/h4-9,11,14H,10,12H2,1-3H3,(H,23,27)(H,24,25)/t14-/m1/s1. The van der Waals surface area contributed by atoms with E-state index in [1.54, 1.807) is 6.92 Å². The summed E-state index contributed by atoms with van der Waals surface area (Å²) < 4.78 is 18.9. The minimum atomic E-state index is -0.637. The van der Waals surface area contributed by atoms with Gasteiger partial charge in [0.1, 0.15) is 12.4 Å². The first kappa shape index (κ1) is 21.1. The van der Waals surface area contributed by atoms with Crippen LogP contribution in [0.15, 0.2) is 42.5 Å². The predicted octanol–water partition coefficient (Wildman–Crippen LogP) is 3.98. The molecule has 2 amide bonds. The Morgan fingerprint density at radius 3 is 2.46 bits per heavy atom. The quantitative estimate of drug-likeness (QED) is 0.705. The summed E-state index contributed by atoms with van der Waals surface area (Å²) >= 11 is 0. The maximum atomic E-state index is 13.8. The van der Waals surface area contributed by atoms with Crippen molar-refractivity contribution < 1.29 is 23.5 Å². The fourth-order valence-corrected chi connectivity index (χ4v) is 2.61. The zero-order chi connectivity index (χ0) is 20.7. The van der Waals surface area contributed by atoms with Crippen molar-refractivity contribution in [3.63, 3.8) is 0 Å². The number of ether oxygens (including phenoxy) is 1. The van der Waals surface area contributed by atoms with Crippen molar-refractivity contribution in [1.82, 2.24) is 5.32 Å². The summed E-state index contributed by atoms with van der Waals surface area (Å²) in [7, 11) is 0. The van der Waals surface area contributed by atoms with Crippen LogP contribution in [0.3, 0.4) is 0 Å². The maximum Gasteiger partial charge on any atom is 0.407 e. The minimum Gasteiger partial charge on any atom is -0.445 e. The molecule has 2 aromatic rings. The second-order valence-corrected chi connectivity index (χ2v) is 6.56. The molecule has 2 rings (SSSR count). The van der Waals surface area contributed by atoms with Gasteiger partial charge in [-0.15, -0.1) is 0 Å². The number of amides is 2. The molecule has 0 saturated carbocycles. The number of alkyl carbamates (subject to hydrolysis) is 1. The van der Waals surface area contributed by atoms with Crippen LogP contribution in [-0.2, 0) is 16.1 Å². The number of ketones is 1. The third-order valence-electron chi connectivity index (χ3n) is 3.98. The lowest BCUT2D eigenvalue weighted by Crippen LogP contribution is -2.34. The summed E-state index contributed by atoms with van der Waals surface area (Å²) in [4.78, 5) is 35.8. The summed E-state index contributed by atoms with van der Waals surface area (Å²) in [6.45, 7) is 4.60. The number of nitrogens with one attached hydrogen (secondary N) is 2. The van der Waals surface area contributed by atoms with Crippen molar-refractivity contribution >= 4 is 23.5 Å². The van der Waals surface area contributed by atoms with Gasteiger partial charge in [0.05, 0.1) is 5.69 Å². The molecule has 6 nitrogen and oxygen atoms in total. The monoisotopic (exact) mass is 386 g/mol. The molecular weight excluding hydrogens is 363 g/mol. The van der Waals surface area contributed by atoms with Gasteiger partial charge in [-0.1, -0.05) is 30.3 Å². The second-order valence-electron chi connectivity index (χ2n) is 6.56. The van der Waals surface area contributed by atoms with E-state index in [0.29, 0.717) is 5.56 Å². The van der Waals surface area contributed by atoms with E-state index in [2.05, 4.69) is 10.6 Å². The van der Waals surface area contributed by atoms with E-state index < -0.39 is 23.9 Å². The normalized spacial score (nSPS) is 11.4. The van der Waals surface area contributed by atoms with Crippen LogP contribution in [0.5, 0.6) is 0 Å². The van der Waals surface area contributed by atoms with Gasteiger partial charge in [0, 0.05) is 24.9 Å². The van der Waals surface area contributed by atoms with Gasteiger partial charge >= 0.3 is 6.09 Å². The van der Waals surface area contributed by atoms with Crippen molar-refractivity contribution in [2.24, 2.45) is 0 Å². The first-order valence-corrected chi connectivity index (χ1v) is 8.84. The SMILES string of the molecule is CC(=O)Nc1cc(F)c(C)cc1C(=O)C[C@@H](C)NC(=O)OCc1ccccc1. The molecule has 0 heterocycles. The van der Waals surface area contributed by atoms with Gasteiger partial charge in [-0.25, -0.2) is 9.18 Å². The Morgan fingerprint density at radius 1 is 1.14 bits per heavy atom. The van der Waals surface area contributed by atoms with Crippen LogP contribution in [0, 0.1) is 12.7 Å². The van der Waals surface area contributed by atoms with E-state index in [1.165, 1.54) is 19.9 Å². The maximum absolute atomic E-state index is 13.8. The van der Waals surface area contributed by atoms with Gasteiger partial charge in [-0.05, 0) is 37.1 Å². The number of anilines is 1. The number of rotatable bonds is 7. The average molecular weight is 386 g/mol.